The zero-order chi connectivity index (χ0) is 13.7. The van der Waals surface area contributed by atoms with Crippen LogP contribution in [0.4, 0.5) is 11.4 Å². The quantitative estimate of drug-likeness (QED) is 0.778. The lowest BCUT2D eigenvalue weighted by atomic mass is 10.2. The Bertz CT molecular complexity index is 542. The maximum absolute atomic E-state index is 5.90. The molecule has 3 nitrogen and oxygen atoms in total. The molecule has 1 heterocycles. The highest BCUT2D eigenvalue weighted by Gasteiger charge is 2.03. The average molecular weight is 297 g/mol. The fourth-order valence-corrected chi connectivity index (χ4v) is 2.64. The lowest BCUT2D eigenvalue weighted by Crippen LogP contribution is -2.02. The standard InChI is InChI=1S/C14H17ClN2OS/c1-2-7-18-13-8-10(3-5-12(13)16)17-9-11-4-6-14(15)19-11/h3-6,8,17H,2,7,9,16H2,1H3. The summed E-state index contributed by atoms with van der Waals surface area (Å²) in [5, 5.41) is 3.33. The van der Waals surface area contributed by atoms with E-state index in [9.17, 15) is 0 Å². The molecule has 1 aromatic heterocycles. The van der Waals surface area contributed by atoms with Crippen molar-refractivity contribution >= 4 is 34.3 Å². The summed E-state index contributed by atoms with van der Waals surface area (Å²) in [4.78, 5) is 1.19. The molecule has 0 amide bonds. The normalized spacial score (nSPS) is 10.4. The minimum Gasteiger partial charge on any atom is -0.491 e. The van der Waals surface area contributed by atoms with E-state index >= 15 is 0 Å². The van der Waals surface area contributed by atoms with Crippen molar-refractivity contribution in [1.82, 2.24) is 0 Å². The molecule has 0 fully saturated rings. The molecule has 0 radical (unpaired) electrons. The van der Waals surface area contributed by atoms with Gasteiger partial charge in [-0.2, -0.15) is 0 Å². The van der Waals surface area contributed by atoms with Gasteiger partial charge >= 0.3 is 0 Å². The van der Waals surface area contributed by atoms with Gasteiger partial charge in [0.1, 0.15) is 5.75 Å². The van der Waals surface area contributed by atoms with Crippen LogP contribution in [0, 0.1) is 0 Å². The Hall–Kier alpha value is -1.39. The summed E-state index contributed by atoms with van der Waals surface area (Å²) in [7, 11) is 0. The summed E-state index contributed by atoms with van der Waals surface area (Å²) in [6.45, 7) is 3.49. The maximum Gasteiger partial charge on any atom is 0.144 e. The molecule has 102 valence electrons. The number of rotatable bonds is 6. The van der Waals surface area contributed by atoms with E-state index in [1.54, 1.807) is 11.3 Å². The van der Waals surface area contributed by atoms with Gasteiger partial charge in [0.05, 0.1) is 16.6 Å². The largest absolute Gasteiger partial charge is 0.491 e. The first kappa shape index (κ1) is 14.0. The second-order valence-electron chi connectivity index (χ2n) is 4.16. The maximum atomic E-state index is 5.90. The van der Waals surface area contributed by atoms with Gasteiger partial charge in [0, 0.05) is 23.2 Å². The van der Waals surface area contributed by atoms with Crippen LogP contribution in [0.15, 0.2) is 30.3 Å². The molecule has 0 aliphatic heterocycles. The zero-order valence-electron chi connectivity index (χ0n) is 10.8. The highest BCUT2D eigenvalue weighted by Crippen LogP contribution is 2.27. The van der Waals surface area contributed by atoms with Crippen LogP contribution in [0.3, 0.4) is 0 Å². The number of nitrogens with one attached hydrogen (secondary N) is 1. The number of hydrogen-bond acceptors (Lipinski definition) is 4. The van der Waals surface area contributed by atoms with Gasteiger partial charge in [-0.25, -0.2) is 0 Å². The van der Waals surface area contributed by atoms with Gasteiger partial charge in [0.15, 0.2) is 0 Å². The molecule has 0 spiro atoms. The molecular weight excluding hydrogens is 280 g/mol. The van der Waals surface area contributed by atoms with Crippen molar-refractivity contribution in [3.8, 4) is 5.75 Å². The first-order valence-corrected chi connectivity index (χ1v) is 7.39. The highest BCUT2D eigenvalue weighted by molar-refractivity contribution is 7.16. The zero-order valence-corrected chi connectivity index (χ0v) is 12.4. The van der Waals surface area contributed by atoms with Gasteiger partial charge in [0.25, 0.3) is 0 Å². The van der Waals surface area contributed by atoms with Crippen LogP contribution in [0.1, 0.15) is 18.2 Å². The molecule has 0 saturated heterocycles. The molecule has 0 saturated carbocycles. The number of hydrogen-bond donors (Lipinski definition) is 2. The molecule has 19 heavy (non-hydrogen) atoms. The predicted octanol–water partition coefficient (Wildman–Crippen LogP) is 4.38. The van der Waals surface area contributed by atoms with Gasteiger partial charge in [-0.1, -0.05) is 18.5 Å². The third-order valence-corrected chi connectivity index (χ3v) is 3.80. The van der Waals surface area contributed by atoms with Crippen LogP contribution >= 0.6 is 22.9 Å². The van der Waals surface area contributed by atoms with Crippen molar-refractivity contribution in [2.75, 3.05) is 17.7 Å². The number of anilines is 2. The monoisotopic (exact) mass is 296 g/mol. The van der Waals surface area contributed by atoms with Crippen molar-refractivity contribution in [3.63, 3.8) is 0 Å². The van der Waals surface area contributed by atoms with Crippen LogP contribution < -0.4 is 15.8 Å². The highest BCUT2D eigenvalue weighted by atomic mass is 35.5. The minimum absolute atomic E-state index is 0.665. The summed E-state index contributed by atoms with van der Waals surface area (Å²) in [6, 6.07) is 9.66. The Morgan fingerprint density at radius 2 is 2.16 bits per heavy atom. The van der Waals surface area contributed by atoms with E-state index in [0.29, 0.717) is 12.3 Å². The number of nitrogens with two attached hydrogens (primary N) is 1. The van der Waals surface area contributed by atoms with Crippen LogP contribution in [-0.4, -0.2) is 6.61 Å². The van der Waals surface area contributed by atoms with E-state index in [1.807, 2.05) is 30.3 Å². The lowest BCUT2D eigenvalue weighted by molar-refractivity contribution is 0.319. The number of halogens is 1. The summed E-state index contributed by atoms with van der Waals surface area (Å²) in [5.74, 6) is 0.732. The van der Waals surface area contributed by atoms with E-state index in [1.165, 1.54) is 4.88 Å². The van der Waals surface area contributed by atoms with Gasteiger partial charge in [-0.05, 0) is 30.7 Å². The van der Waals surface area contributed by atoms with E-state index < -0.39 is 0 Å². The summed E-state index contributed by atoms with van der Waals surface area (Å²) in [6.07, 6.45) is 0.963. The van der Waals surface area contributed by atoms with Crippen LogP contribution in [0.5, 0.6) is 5.75 Å². The number of ether oxygens (including phenoxy) is 1. The van der Waals surface area contributed by atoms with Crippen LogP contribution in [0.2, 0.25) is 4.34 Å². The smallest absolute Gasteiger partial charge is 0.144 e. The summed E-state index contributed by atoms with van der Waals surface area (Å²) < 4.78 is 6.41. The average Bonchev–Trinajstić information content (AvgIpc) is 2.82. The van der Waals surface area contributed by atoms with Crippen molar-refractivity contribution < 1.29 is 4.74 Å². The van der Waals surface area contributed by atoms with E-state index in [2.05, 4.69) is 12.2 Å². The Balaban J connectivity index is 2.00. The number of nitrogen functional groups attached to an aromatic ring is 1. The molecule has 0 bridgehead atoms. The van der Waals surface area contributed by atoms with Crippen LogP contribution in [-0.2, 0) is 6.54 Å². The van der Waals surface area contributed by atoms with Crippen molar-refractivity contribution in [3.05, 3.63) is 39.5 Å². The van der Waals surface area contributed by atoms with Crippen molar-refractivity contribution in [2.45, 2.75) is 19.9 Å². The van der Waals surface area contributed by atoms with Crippen LogP contribution in [0.25, 0.3) is 0 Å². The SMILES string of the molecule is CCCOc1cc(NCc2ccc(Cl)s2)ccc1N. The van der Waals surface area contributed by atoms with Crippen molar-refractivity contribution in [2.24, 2.45) is 0 Å². The molecule has 3 N–H and O–H groups in total. The number of thiophene rings is 1. The van der Waals surface area contributed by atoms with Gasteiger partial charge in [0.2, 0.25) is 0 Å². The third-order valence-electron chi connectivity index (χ3n) is 2.57. The molecule has 0 unspecified atom stereocenters. The summed E-state index contributed by atoms with van der Waals surface area (Å²) in [5.41, 5.74) is 7.53. The molecule has 5 heteroatoms. The van der Waals surface area contributed by atoms with E-state index in [4.69, 9.17) is 22.1 Å². The first-order chi connectivity index (χ1) is 9.19. The van der Waals surface area contributed by atoms with E-state index in [0.717, 1.165) is 28.7 Å². The lowest BCUT2D eigenvalue weighted by Gasteiger charge is -2.11. The van der Waals surface area contributed by atoms with Gasteiger partial charge in [-0.15, -0.1) is 11.3 Å². The fraction of sp³-hybridized carbons (Fsp3) is 0.286. The Labute approximate surface area is 122 Å². The fourth-order valence-electron chi connectivity index (χ4n) is 1.62. The summed E-state index contributed by atoms with van der Waals surface area (Å²) >= 11 is 7.47. The van der Waals surface area contributed by atoms with Crippen molar-refractivity contribution in [1.29, 1.82) is 0 Å². The molecule has 0 atom stereocenters. The van der Waals surface area contributed by atoms with Gasteiger partial charge < -0.3 is 15.8 Å². The molecule has 2 rings (SSSR count). The first-order valence-electron chi connectivity index (χ1n) is 6.19. The molecule has 0 aliphatic rings. The molecule has 2 aromatic rings. The topological polar surface area (TPSA) is 47.3 Å². The molecular formula is C14H17ClN2OS. The Morgan fingerprint density at radius 1 is 1.32 bits per heavy atom. The third kappa shape index (κ3) is 4.04. The molecule has 0 aliphatic carbocycles. The predicted molar refractivity (Wildman–Crippen MR) is 83.3 cm³/mol. The number of benzene rings is 1. The van der Waals surface area contributed by atoms with E-state index in [-0.39, 0.29) is 0 Å². The molecule has 1 aromatic carbocycles. The minimum atomic E-state index is 0.665. The second kappa shape index (κ2) is 6.68. The second-order valence-corrected chi connectivity index (χ2v) is 5.96. The van der Waals surface area contributed by atoms with Gasteiger partial charge in [-0.3, -0.25) is 0 Å². The Kier molecular flexibility index (Phi) is 4.93. The Morgan fingerprint density at radius 3 is 2.84 bits per heavy atom.